The molecule has 0 nitrogen and oxygen atoms in total. The Morgan fingerprint density at radius 3 is 2.40 bits per heavy atom. The lowest BCUT2D eigenvalue weighted by Crippen LogP contribution is -1.66. The van der Waals surface area contributed by atoms with Gasteiger partial charge < -0.3 is 0 Å². The Bertz CT molecular complexity index is 201. The van der Waals surface area contributed by atoms with Crippen LogP contribution in [-0.4, -0.2) is 0 Å². The second kappa shape index (κ2) is 4.18. The van der Waals surface area contributed by atoms with Gasteiger partial charge in [0, 0.05) is 5.75 Å². The van der Waals surface area contributed by atoms with Crippen LogP contribution in [-0.2, 0) is 0 Å². The molecule has 1 heteroatoms. The Morgan fingerprint density at radius 2 is 1.80 bits per heavy atom. The van der Waals surface area contributed by atoms with Crippen molar-refractivity contribution in [2.24, 2.45) is 0 Å². The molecule has 1 radical (unpaired) electrons. The zero-order valence-corrected chi connectivity index (χ0v) is 6.46. The molecule has 0 amide bonds. The second-order valence-corrected chi connectivity index (χ2v) is 2.22. The van der Waals surface area contributed by atoms with Gasteiger partial charge in [-0.2, -0.15) is 12.6 Å². The molecule has 0 saturated heterocycles. The topological polar surface area (TPSA) is 0 Å². The molecule has 0 heterocycles. The van der Waals surface area contributed by atoms with Crippen LogP contribution >= 0.6 is 12.6 Å². The van der Waals surface area contributed by atoms with Crippen LogP contribution in [0.4, 0.5) is 0 Å². The smallest absolute Gasteiger partial charge is 0.0351 e. The van der Waals surface area contributed by atoms with E-state index in [1.54, 1.807) is 5.75 Å². The van der Waals surface area contributed by atoms with Crippen molar-refractivity contribution in [3.8, 4) is 0 Å². The van der Waals surface area contributed by atoms with E-state index in [9.17, 15) is 0 Å². The maximum Gasteiger partial charge on any atom is 0.0351 e. The first-order chi connectivity index (χ1) is 4.93. The lowest BCUT2D eigenvalue weighted by atomic mass is 10.2. The summed E-state index contributed by atoms with van der Waals surface area (Å²) >= 11 is 3.94. The minimum atomic E-state index is 1.20. The van der Waals surface area contributed by atoms with E-state index in [0.717, 1.165) is 0 Å². The fourth-order valence-electron chi connectivity index (χ4n) is 0.718. The number of hydrogen-bond acceptors (Lipinski definition) is 1. The van der Waals surface area contributed by atoms with Crippen LogP contribution in [0, 0.1) is 5.75 Å². The lowest BCUT2D eigenvalue weighted by Gasteiger charge is -1.88. The van der Waals surface area contributed by atoms with Crippen molar-refractivity contribution in [3.05, 3.63) is 47.7 Å². The van der Waals surface area contributed by atoms with Gasteiger partial charge >= 0.3 is 0 Å². The minimum Gasteiger partial charge on any atom is -0.170 e. The molecule has 1 aromatic carbocycles. The van der Waals surface area contributed by atoms with Gasteiger partial charge in [-0.05, 0) is 5.56 Å². The number of thiol groups is 1. The summed E-state index contributed by atoms with van der Waals surface area (Å²) in [6.07, 6.45) is 3.91. The molecule has 0 N–H and O–H groups in total. The molecule has 0 aliphatic carbocycles. The van der Waals surface area contributed by atoms with E-state index in [4.69, 9.17) is 0 Å². The van der Waals surface area contributed by atoms with Crippen LogP contribution in [0.15, 0.2) is 36.4 Å². The number of rotatable bonds is 2. The molecule has 10 heavy (non-hydrogen) atoms. The van der Waals surface area contributed by atoms with Crippen molar-refractivity contribution >= 4 is 18.7 Å². The first kappa shape index (κ1) is 7.42. The molecule has 0 atom stereocenters. The Morgan fingerprint density at radius 1 is 1.10 bits per heavy atom. The van der Waals surface area contributed by atoms with Crippen LogP contribution in [0.1, 0.15) is 5.56 Å². The molecular formula is C9H9S. The van der Waals surface area contributed by atoms with Crippen molar-refractivity contribution < 1.29 is 0 Å². The molecular weight excluding hydrogens is 140 g/mol. The molecule has 0 bridgehead atoms. The van der Waals surface area contributed by atoms with Gasteiger partial charge in [0.15, 0.2) is 0 Å². The van der Waals surface area contributed by atoms with Gasteiger partial charge in [0.1, 0.15) is 0 Å². The van der Waals surface area contributed by atoms with Crippen molar-refractivity contribution in [1.29, 1.82) is 0 Å². The fourth-order valence-corrected chi connectivity index (χ4v) is 0.804. The predicted molar refractivity (Wildman–Crippen MR) is 48.8 cm³/mol. The minimum absolute atomic E-state index is 1.20. The molecule has 51 valence electrons. The average molecular weight is 149 g/mol. The monoisotopic (exact) mass is 149 g/mol. The van der Waals surface area contributed by atoms with E-state index in [1.807, 2.05) is 42.5 Å². The predicted octanol–water partition coefficient (Wildman–Crippen LogP) is 2.79. The van der Waals surface area contributed by atoms with Crippen molar-refractivity contribution in [2.75, 3.05) is 0 Å². The highest BCUT2D eigenvalue weighted by Gasteiger charge is 1.79. The Kier molecular flexibility index (Phi) is 3.10. The molecule has 0 aliphatic heterocycles. The maximum atomic E-state index is 3.94. The summed E-state index contributed by atoms with van der Waals surface area (Å²) in [6.45, 7) is 0. The molecule has 0 aliphatic rings. The van der Waals surface area contributed by atoms with Gasteiger partial charge in [0.2, 0.25) is 0 Å². The summed E-state index contributed by atoms with van der Waals surface area (Å²) in [5.41, 5.74) is 1.20. The Hall–Kier alpha value is -0.690. The standard InChI is InChI=1S/C9H9S/c10-8-4-7-9-5-2-1-3-6-9/h1-8,10H/b7-4+. The van der Waals surface area contributed by atoms with Gasteiger partial charge in [-0.1, -0.05) is 42.5 Å². The van der Waals surface area contributed by atoms with Gasteiger partial charge in [0.25, 0.3) is 0 Å². The highest BCUT2D eigenvalue weighted by atomic mass is 32.1. The molecule has 0 fully saturated rings. The Balaban J connectivity index is 2.67. The molecule has 0 spiro atoms. The molecule has 1 rings (SSSR count). The first-order valence-corrected chi connectivity index (χ1v) is 3.64. The van der Waals surface area contributed by atoms with E-state index in [0.29, 0.717) is 0 Å². The van der Waals surface area contributed by atoms with Crippen molar-refractivity contribution in [2.45, 2.75) is 0 Å². The average Bonchev–Trinajstić information content (AvgIpc) is 2.03. The third-order valence-corrected chi connectivity index (χ3v) is 1.35. The fraction of sp³-hybridized carbons (Fsp3) is 0. The SMILES string of the molecule is S[CH]/C=C/c1ccccc1. The van der Waals surface area contributed by atoms with Crippen LogP contribution in [0.3, 0.4) is 0 Å². The molecule has 0 unspecified atom stereocenters. The van der Waals surface area contributed by atoms with E-state index in [-0.39, 0.29) is 0 Å². The second-order valence-electron chi connectivity index (χ2n) is 1.92. The zero-order chi connectivity index (χ0) is 7.23. The van der Waals surface area contributed by atoms with Gasteiger partial charge in [-0.15, -0.1) is 0 Å². The van der Waals surface area contributed by atoms with Gasteiger partial charge in [-0.3, -0.25) is 0 Å². The summed E-state index contributed by atoms with van der Waals surface area (Å²) in [5, 5.41) is 0. The summed E-state index contributed by atoms with van der Waals surface area (Å²) in [5.74, 6) is 1.72. The van der Waals surface area contributed by atoms with Gasteiger partial charge in [-0.25, -0.2) is 0 Å². The molecule has 1 aromatic rings. The third-order valence-electron chi connectivity index (χ3n) is 1.17. The van der Waals surface area contributed by atoms with Crippen LogP contribution < -0.4 is 0 Å². The summed E-state index contributed by atoms with van der Waals surface area (Å²) in [4.78, 5) is 0. The van der Waals surface area contributed by atoms with Crippen LogP contribution in [0.2, 0.25) is 0 Å². The largest absolute Gasteiger partial charge is 0.170 e. The van der Waals surface area contributed by atoms with Crippen molar-refractivity contribution in [3.63, 3.8) is 0 Å². The van der Waals surface area contributed by atoms with E-state index in [1.165, 1.54) is 5.56 Å². The van der Waals surface area contributed by atoms with Gasteiger partial charge in [0.05, 0.1) is 0 Å². The summed E-state index contributed by atoms with van der Waals surface area (Å²) < 4.78 is 0. The van der Waals surface area contributed by atoms with Crippen LogP contribution in [0.25, 0.3) is 6.08 Å². The normalized spacial score (nSPS) is 10.5. The van der Waals surface area contributed by atoms with E-state index >= 15 is 0 Å². The lowest BCUT2D eigenvalue weighted by molar-refractivity contribution is 1.66. The first-order valence-electron chi connectivity index (χ1n) is 3.12. The number of benzene rings is 1. The highest BCUT2D eigenvalue weighted by Crippen LogP contribution is 2.01. The zero-order valence-electron chi connectivity index (χ0n) is 5.57. The molecule has 0 saturated carbocycles. The molecule has 0 aromatic heterocycles. The highest BCUT2D eigenvalue weighted by molar-refractivity contribution is 7.82. The van der Waals surface area contributed by atoms with E-state index < -0.39 is 0 Å². The summed E-state index contributed by atoms with van der Waals surface area (Å²) in [6, 6.07) is 10.1. The van der Waals surface area contributed by atoms with E-state index in [2.05, 4.69) is 12.6 Å². The van der Waals surface area contributed by atoms with Crippen LogP contribution in [0.5, 0.6) is 0 Å². The van der Waals surface area contributed by atoms with Crippen molar-refractivity contribution in [1.82, 2.24) is 0 Å². The maximum absolute atomic E-state index is 3.94. The quantitative estimate of drug-likeness (QED) is 0.614. The third kappa shape index (κ3) is 2.28. The summed E-state index contributed by atoms with van der Waals surface area (Å²) in [7, 11) is 0. The Labute approximate surface area is 67.0 Å². The number of hydrogen-bond donors (Lipinski definition) is 1.